The number of hydrogen-bond acceptors (Lipinski definition) is 4. The molecular formula is C14H21ClN2O3. The molecule has 0 fully saturated rings. The van der Waals surface area contributed by atoms with Crippen LogP contribution in [0.2, 0.25) is 5.02 Å². The fraction of sp³-hybridized carbons (Fsp3) is 0.500. The molecule has 1 rings (SSSR count). The average molecular weight is 301 g/mol. The quantitative estimate of drug-likeness (QED) is 0.722. The Morgan fingerprint density at radius 2 is 2.15 bits per heavy atom. The summed E-state index contributed by atoms with van der Waals surface area (Å²) in [6.45, 7) is 3.28. The van der Waals surface area contributed by atoms with Crippen LogP contribution in [0, 0.1) is 5.92 Å². The summed E-state index contributed by atoms with van der Waals surface area (Å²) in [5.74, 6) is 0.236. The van der Waals surface area contributed by atoms with E-state index in [2.05, 4.69) is 10.6 Å². The van der Waals surface area contributed by atoms with E-state index in [1.54, 1.807) is 25.3 Å². The number of halogens is 1. The Bertz CT molecular complexity index is 440. The topological polar surface area (TPSA) is 59.6 Å². The highest BCUT2D eigenvalue weighted by Crippen LogP contribution is 2.33. The van der Waals surface area contributed by atoms with Crippen molar-refractivity contribution in [1.29, 1.82) is 0 Å². The van der Waals surface area contributed by atoms with Gasteiger partial charge in [0.05, 0.1) is 17.3 Å². The molecule has 0 saturated carbocycles. The van der Waals surface area contributed by atoms with E-state index in [1.807, 2.05) is 14.0 Å². The van der Waals surface area contributed by atoms with E-state index in [1.165, 1.54) is 0 Å². The molecule has 0 saturated heterocycles. The highest BCUT2D eigenvalue weighted by atomic mass is 35.5. The SMILES string of the molecule is CNCC(C)C(=O)Nc1cccc(Cl)c1OCCOC. The minimum Gasteiger partial charge on any atom is -0.487 e. The van der Waals surface area contributed by atoms with Crippen LogP contribution in [0.15, 0.2) is 18.2 Å². The van der Waals surface area contributed by atoms with Gasteiger partial charge in [-0.25, -0.2) is 0 Å². The van der Waals surface area contributed by atoms with Crippen molar-refractivity contribution in [2.24, 2.45) is 5.92 Å². The third-order valence-electron chi connectivity index (χ3n) is 2.72. The summed E-state index contributed by atoms with van der Waals surface area (Å²) in [5, 5.41) is 6.26. The molecule has 1 atom stereocenters. The van der Waals surface area contributed by atoms with Gasteiger partial charge in [0.2, 0.25) is 5.91 Å². The van der Waals surface area contributed by atoms with E-state index in [0.717, 1.165) is 0 Å². The van der Waals surface area contributed by atoms with Crippen LogP contribution in [0.5, 0.6) is 5.75 Å². The number of methoxy groups -OCH3 is 1. The van der Waals surface area contributed by atoms with Gasteiger partial charge >= 0.3 is 0 Å². The number of para-hydroxylation sites is 1. The number of nitrogens with one attached hydrogen (secondary N) is 2. The maximum absolute atomic E-state index is 12.0. The van der Waals surface area contributed by atoms with Crippen molar-refractivity contribution >= 4 is 23.2 Å². The van der Waals surface area contributed by atoms with E-state index < -0.39 is 0 Å². The van der Waals surface area contributed by atoms with Gasteiger partial charge in [-0.1, -0.05) is 24.6 Å². The van der Waals surface area contributed by atoms with Crippen LogP contribution in [0.3, 0.4) is 0 Å². The Labute approximate surface area is 124 Å². The van der Waals surface area contributed by atoms with Gasteiger partial charge in [0, 0.05) is 19.6 Å². The molecule has 20 heavy (non-hydrogen) atoms. The summed E-state index contributed by atoms with van der Waals surface area (Å²) in [5.41, 5.74) is 0.571. The number of carbonyl (C=O) groups excluding carboxylic acids is 1. The molecule has 1 amide bonds. The van der Waals surface area contributed by atoms with Gasteiger partial charge in [0.15, 0.2) is 5.75 Å². The molecule has 0 heterocycles. The summed E-state index contributed by atoms with van der Waals surface area (Å²) in [6, 6.07) is 5.25. The summed E-state index contributed by atoms with van der Waals surface area (Å²) in [6.07, 6.45) is 0. The molecule has 1 unspecified atom stereocenters. The van der Waals surface area contributed by atoms with Crippen LogP contribution >= 0.6 is 11.6 Å². The number of anilines is 1. The second-order valence-corrected chi connectivity index (χ2v) is 4.81. The Kier molecular flexibility index (Phi) is 7.36. The van der Waals surface area contributed by atoms with Crippen LogP contribution < -0.4 is 15.4 Å². The Balaban J connectivity index is 2.78. The summed E-state index contributed by atoms with van der Waals surface area (Å²) in [7, 11) is 3.40. The Morgan fingerprint density at radius 1 is 1.40 bits per heavy atom. The molecule has 0 radical (unpaired) electrons. The van der Waals surface area contributed by atoms with Crippen molar-refractivity contribution in [1.82, 2.24) is 5.32 Å². The zero-order chi connectivity index (χ0) is 15.0. The first kappa shape index (κ1) is 16.8. The van der Waals surface area contributed by atoms with E-state index in [9.17, 15) is 4.79 Å². The molecule has 112 valence electrons. The fourth-order valence-electron chi connectivity index (χ4n) is 1.64. The van der Waals surface area contributed by atoms with Gasteiger partial charge in [-0.2, -0.15) is 0 Å². The zero-order valence-corrected chi connectivity index (χ0v) is 12.8. The van der Waals surface area contributed by atoms with Gasteiger partial charge in [-0.15, -0.1) is 0 Å². The second kappa shape index (κ2) is 8.79. The smallest absolute Gasteiger partial charge is 0.228 e. The lowest BCUT2D eigenvalue weighted by molar-refractivity contribution is -0.119. The fourth-order valence-corrected chi connectivity index (χ4v) is 1.86. The van der Waals surface area contributed by atoms with Crippen molar-refractivity contribution in [3.63, 3.8) is 0 Å². The largest absolute Gasteiger partial charge is 0.487 e. The minimum absolute atomic E-state index is 0.0850. The summed E-state index contributed by atoms with van der Waals surface area (Å²) < 4.78 is 10.5. The van der Waals surface area contributed by atoms with Crippen LogP contribution in [-0.2, 0) is 9.53 Å². The number of rotatable bonds is 8. The van der Waals surface area contributed by atoms with Crippen molar-refractivity contribution in [3.8, 4) is 5.75 Å². The van der Waals surface area contributed by atoms with Gasteiger partial charge in [-0.3, -0.25) is 4.79 Å². The maximum Gasteiger partial charge on any atom is 0.228 e. The monoisotopic (exact) mass is 300 g/mol. The molecule has 2 N–H and O–H groups in total. The van der Waals surface area contributed by atoms with E-state index >= 15 is 0 Å². The molecule has 0 aromatic heterocycles. The summed E-state index contributed by atoms with van der Waals surface area (Å²) in [4.78, 5) is 12.0. The Hall–Kier alpha value is -1.30. The molecule has 0 spiro atoms. The molecule has 1 aromatic rings. The van der Waals surface area contributed by atoms with E-state index in [4.69, 9.17) is 21.1 Å². The first-order chi connectivity index (χ1) is 9.60. The van der Waals surface area contributed by atoms with Gasteiger partial charge in [-0.05, 0) is 19.2 Å². The lowest BCUT2D eigenvalue weighted by atomic mass is 10.1. The third-order valence-corrected chi connectivity index (χ3v) is 3.01. The molecular weight excluding hydrogens is 280 g/mol. The lowest BCUT2D eigenvalue weighted by Gasteiger charge is -2.16. The van der Waals surface area contributed by atoms with Crippen LogP contribution in [0.4, 0.5) is 5.69 Å². The number of amides is 1. The lowest BCUT2D eigenvalue weighted by Crippen LogP contribution is -2.28. The first-order valence-corrected chi connectivity index (χ1v) is 6.83. The van der Waals surface area contributed by atoms with Crippen molar-refractivity contribution < 1.29 is 14.3 Å². The van der Waals surface area contributed by atoms with Crippen LogP contribution in [0.1, 0.15) is 6.92 Å². The van der Waals surface area contributed by atoms with Crippen molar-refractivity contribution in [3.05, 3.63) is 23.2 Å². The van der Waals surface area contributed by atoms with E-state index in [0.29, 0.717) is 36.2 Å². The highest BCUT2D eigenvalue weighted by Gasteiger charge is 2.15. The average Bonchev–Trinajstić information content (AvgIpc) is 2.42. The Morgan fingerprint density at radius 3 is 2.80 bits per heavy atom. The molecule has 6 heteroatoms. The normalized spacial score (nSPS) is 12.0. The maximum atomic E-state index is 12.0. The molecule has 0 bridgehead atoms. The number of benzene rings is 1. The predicted octanol–water partition coefficient (Wildman–Crippen LogP) is 2.16. The first-order valence-electron chi connectivity index (χ1n) is 6.45. The number of carbonyl (C=O) groups is 1. The van der Waals surface area contributed by atoms with Gasteiger partial charge < -0.3 is 20.1 Å². The van der Waals surface area contributed by atoms with Crippen LogP contribution in [0.25, 0.3) is 0 Å². The molecule has 5 nitrogen and oxygen atoms in total. The predicted molar refractivity (Wildman–Crippen MR) is 80.5 cm³/mol. The summed E-state index contributed by atoms with van der Waals surface area (Å²) >= 11 is 6.10. The van der Waals surface area contributed by atoms with E-state index in [-0.39, 0.29) is 11.8 Å². The van der Waals surface area contributed by atoms with Gasteiger partial charge in [0.1, 0.15) is 6.61 Å². The highest BCUT2D eigenvalue weighted by molar-refractivity contribution is 6.32. The molecule has 1 aromatic carbocycles. The van der Waals surface area contributed by atoms with Crippen LogP contribution in [-0.4, -0.2) is 39.8 Å². The third kappa shape index (κ3) is 5.00. The van der Waals surface area contributed by atoms with Crippen molar-refractivity contribution in [2.45, 2.75) is 6.92 Å². The minimum atomic E-state index is -0.147. The number of ether oxygens (including phenoxy) is 2. The molecule has 0 aliphatic heterocycles. The zero-order valence-electron chi connectivity index (χ0n) is 12.0. The molecule has 0 aliphatic carbocycles. The number of hydrogen-bond donors (Lipinski definition) is 2. The standard InChI is InChI=1S/C14H21ClN2O3/c1-10(9-16-2)14(18)17-12-6-4-5-11(15)13(12)20-8-7-19-3/h4-6,10,16H,7-9H2,1-3H3,(H,17,18). The van der Waals surface area contributed by atoms with Gasteiger partial charge in [0.25, 0.3) is 0 Å². The molecule has 0 aliphatic rings. The second-order valence-electron chi connectivity index (χ2n) is 4.41. The van der Waals surface area contributed by atoms with Crippen molar-refractivity contribution in [2.75, 3.05) is 39.2 Å².